The molecule has 6 heteroatoms. The smallest absolute Gasteiger partial charge is 0.276 e. The van der Waals surface area contributed by atoms with E-state index in [1.54, 1.807) is 23.1 Å². The fraction of sp³-hybridized carbons (Fsp3) is 0.357. The topological polar surface area (TPSA) is 75.5 Å². The van der Waals surface area contributed by atoms with Crippen LogP contribution >= 0.6 is 0 Å². The van der Waals surface area contributed by atoms with Gasteiger partial charge in [-0.15, -0.1) is 0 Å². The van der Waals surface area contributed by atoms with Crippen molar-refractivity contribution < 1.29 is 9.72 Å². The summed E-state index contributed by atoms with van der Waals surface area (Å²) in [5, 5.41) is 14.0. The highest BCUT2D eigenvalue weighted by atomic mass is 16.6. The number of rotatable bonds is 5. The molecule has 1 saturated heterocycles. The van der Waals surface area contributed by atoms with E-state index in [2.05, 4.69) is 5.32 Å². The normalized spacial score (nSPS) is 15.1. The predicted octanol–water partition coefficient (Wildman–Crippen LogP) is 1.43. The van der Waals surface area contributed by atoms with Crippen molar-refractivity contribution in [1.29, 1.82) is 0 Å². The standard InChI is InChI=1S/C14H17N3O3/c1-2-16(12-9-15-10-12)14(18)8-7-11-5-3-4-6-13(11)17(19)20/h3-8,12,15H,2,9-10H2,1H3. The minimum absolute atomic E-state index is 0.00455. The van der Waals surface area contributed by atoms with E-state index in [1.807, 2.05) is 6.92 Å². The Hall–Kier alpha value is -2.21. The predicted molar refractivity (Wildman–Crippen MR) is 76.2 cm³/mol. The van der Waals surface area contributed by atoms with Crippen molar-refractivity contribution >= 4 is 17.7 Å². The highest BCUT2D eigenvalue weighted by Gasteiger charge is 2.25. The zero-order valence-electron chi connectivity index (χ0n) is 11.3. The van der Waals surface area contributed by atoms with Gasteiger partial charge in [0.15, 0.2) is 0 Å². The molecular weight excluding hydrogens is 258 g/mol. The van der Waals surface area contributed by atoms with Crippen molar-refractivity contribution in [2.45, 2.75) is 13.0 Å². The van der Waals surface area contributed by atoms with Crippen LogP contribution in [0.25, 0.3) is 6.08 Å². The van der Waals surface area contributed by atoms with Crippen LogP contribution in [-0.4, -0.2) is 41.4 Å². The number of carbonyl (C=O) groups is 1. The maximum atomic E-state index is 12.1. The number of hydrogen-bond acceptors (Lipinski definition) is 4. The summed E-state index contributed by atoms with van der Waals surface area (Å²) < 4.78 is 0. The lowest BCUT2D eigenvalue weighted by atomic mass is 10.1. The number of nitrogens with one attached hydrogen (secondary N) is 1. The molecule has 20 heavy (non-hydrogen) atoms. The quantitative estimate of drug-likeness (QED) is 0.501. The van der Waals surface area contributed by atoms with Gasteiger partial charge in [-0.1, -0.05) is 12.1 Å². The first kappa shape index (κ1) is 14.2. The first-order chi connectivity index (χ1) is 9.63. The lowest BCUT2D eigenvalue weighted by molar-refractivity contribution is -0.385. The van der Waals surface area contributed by atoms with E-state index in [4.69, 9.17) is 0 Å². The van der Waals surface area contributed by atoms with Gasteiger partial charge in [-0.25, -0.2) is 0 Å². The van der Waals surface area contributed by atoms with Crippen molar-refractivity contribution in [2.75, 3.05) is 19.6 Å². The minimum Gasteiger partial charge on any atom is -0.334 e. The lowest BCUT2D eigenvalue weighted by Gasteiger charge is -2.37. The summed E-state index contributed by atoms with van der Waals surface area (Å²) in [6, 6.07) is 6.60. The number of nitro benzene ring substituents is 1. The van der Waals surface area contributed by atoms with Crippen LogP contribution < -0.4 is 5.32 Å². The maximum Gasteiger partial charge on any atom is 0.276 e. The molecule has 1 aromatic rings. The molecule has 6 nitrogen and oxygen atoms in total. The van der Waals surface area contributed by atoms with Gasteiger partial charge in [0, 0.05) is 31.8 Å². The maximum absolute atomic E-state index is 12.1. The molecule has 1 fully saturated rings. The van der Waals surface area contributed by atoms with Crippen LogP contribution in [0.4, 0.5) is 5.69 Å². The summed E-state index contributed by atoms with van der Waals surface area (Å²) in [6.07, 6.45) is 2.92. The molecule has 2 rings (SSSR count). The number of likely N-dealkylation sites (N-methyl/N-ethyl adjacent to an activating group) is 1. The molecule has 1 aliphatic rings. The summed E-state index contributed by atoms with van der Waals surface area (Å²) in [5.41, 5.74) is 0.443. The van der Waals surface area contributed by atoms with Gasteiger partial charge in [0.1, 0.15) is 0 Å². The number of carbonyl (C=O) groups excluding carboxylic acids is 1. The Kier molecular flexibility index (Phi) is 4.47. The lowest BCUT2D eigenvalue weighted by Crippen LogP contribution is -2.58. The molecular formula is C14H17N3O3. The van der Waals surface area contributed by atoms with Crippen molar-refractivity contribution in [3.8, 4) is 0 Å². The van der Waals surface area contributed by atoms with Gasteiger partial charge in [-0.2, -0.15) is 0 Å². The number of nitro groups is 1. The Morgan fingerprint density at radius 2 is 2.20 bits per heavy atom. The fourth-order valence-corrected chi connectivity index (χ4v) is 2.14. The molecule has 0 radical (unpaired) electrons. The van der Waals surface area contributed by atoms with E-state index < -0.39 is 4.92 Å². The molecule has 1 amide bonds. The Morgan fingerprint density at radius 1 is 1.50 bits per heavy atom. The Morgan fingerprint density at radius 3 is 2.75 bits per heavy atom. The van der Waals surface area contributed by atoms with Gasteiger partial charge in [0.2, 0.25) is 5.91 Å². The van der Waals surface area contributed by atoms with Crippen molar-refractivity contribution in [3.63, 3.8) is 0 Å². The summed E-state index contributed by atoms with van der Waals surface area (Å²) in [5.74, 6) is -0.114. The van der Waals surface area contributed by atoms with E-state index in [0.717, 1.165) is 13.1 Å². The van der Waals surface area contributed by atoms with Gasteiger partial charge in [-0.05, 0) is 19.1 Å². The van der Waals surface area contributed by atoms with Crippen molar-refractivity contribution in [3.05, 3.63) is 46.0 Å². The SMILES string of the molecule is CCN(C(=O)C=Cc1ccccc1[N+](=O)[O-])C1CNC1. The first-order valence-corrected chi connectivity index (χ1v) is 6.56. The molecule has 1 N–H and O–H groups in total. The summed E-state index contributed by atoms with van der Waals surface area (Å²) in [6.45, 7) is 4.17. The van der Waals surface area contributed by atoms with Gasteiger partial charge in [-0.3, -0.25) is 14.9 Å². The second-order valence-electron chi connectivity index (χ2n) is 4.59. The number of hydrogen-bond donors (Lipinski definition) is 1. The van der Waals surface area contributed by atoms with Gasteiger partial charge < -0.3 is 10.2 Å². The zero-order valence-corrected chi connectivity index (χ0v) is 11.3. The van der Waals surface area contributed by atoms with E-state index >= 15 is 0 Å². The molecule has 0 saturated carbocycles. The van der Waals surface area contributed by atoms with Gasteiger partial charge in [0.05, 0.1) is 16.5 Å². The monoisotopic (exact) mass is 275 g/mol. The number of benzene rings is 1. The molecule has 0 aromatic heterocycles. The van der Waals surface area contributed by atoms with Gasteiger partial charge in [0.25, 0.3) is 5.69 Å². The van der Waals surface area contributed by atoms with E-state index in [1.165, 1.54) is 18.2 Å². The molecule has 1 aromatic carbocycles. The Bertz CT molecular complexity index is 538. The van der Waals surface area contributed by atoms with Gasteiger partial charge >= 0.3 is 0 Å². The first-order valence-electron chi connectivity index (χ1n) is 6.56. The number of nitrogens with zero attached hydrogens (tertiary/aromatic N) is 2. The number of para-hydroxylation sites is 1. The van der Waals surface area contributed by atoms with E-state index in [0.29, 0.717) is 12.1 Å². The Balaban J connectivity index is 2.12. The molecule has 0 unspecified atom stereocenters. The second-order valence-corrected chi connectivity index (χ2v) is 4.59. The summed E-state index contributed by atoms with van der Waals surface area (Å²) in [7, 11) is 0. The van der Waals surface area contributed by atoms with Crippen LogP contribution in [0, 0.1) is 10.1 Å². The fourth-order valence-electron chi connectivity index (χ4n) is 2.14. The van der Waals surface area contributed by atoms with Crippen LogP contribution in [0.1, 0.15) is 12.5 Å². The molecule has 1 aliphatic heterocycles. The van der Waals surface area contributed by atoms with Crippen LogP contribution in [0.3, 0.4) is 0 Å². The van der Waals surface area contributed by atoms with Crippen LogP contribution in [0.15, 0.2) is 30.3 Å². The Labute approximate surface area is 117 Å². The average molecular weight is 275 g/mol. The molecule has 0 aliphatic carbocycles. The van der Waals surface area contributed by atoms with E-state index in [9.17, 15) is 14.9 Å². The zero-order chi connectivity index (χ0) is 14.5. The number of amides is 1. The molecule has 0 spiro atoms. The highest BCUT2D eigenvalue weighted by molar-refractivity contribution is 5.92. The molecule has 1 heterocycles. The molecule has 106 valence electrons. The van der Waals surface area contributed by atoms with Crippen molar-refractivity contribution in [1.82, 2.24) is 10.2 Å². The average Bonchev–Trinajstić information content (AvgIpc) is 2.40. The second kappa shape index (κ2) is 6.29. The molecule has 0 bridgehead atoms. The highest BCUT2D eigenvalue weighted by Crippen LogP contribution is 2.19. The van der Waals surface area contributed by atoms with Crippen molar-refractivity contribution in [2.24, 2.45) is 0 Å². The largest absolute Gasteiger partial charge is 0.334 e. The summed E-state index contributed by atoms with van der Waals surface area (Å²) >= 11 is 0. The van der Waals surface area contributed by atoms with E-state index in [-0.39, 0.29) is 17.6 Å². The summed E-state index contributed by atoms with van der Waals surface area (Å²) in [4.78, 5) is 24.3. The van der Waals surface area contributed by atoms with Crippen LogP contribution in [-0.2, 0) is 4.79 Å². The molecule has 0 atom stereocenters. The third kappa shape index (κ3) is 3.03. The minimum atomic E-state index is -0.447. The van der Waals surface area contributed by atoms with Crippen LogP contribution in [0.5, 0.6) is 0 Å². The third-order valence-electron chi connectivity index (χ3n) is 3.36. The van der Waals surface area contributed by atoms with Crippen LogP contribution in [0.2, 0.25) is 0 Å². The third-order valence-corrected chi connectivity index (χ3v) is 3.36.